The maximum absolute atomic E-state index is 9.75. The topological polar surface area (TPSA) is 8.81 Å². The molecule has 0 spiro atoms. The van der Waals surface area contributed by atoms with Crippen LogP contribution >= 0.6 is 22.6 Å². The van der Waals surface area contributed by atoms with Gasteiger partial charge in [-0.05, 0) is 23.7 Å². The van der Waals surface area contributed by atoms with Crippen LogP contribution in [0.25, 0.3) is 11.4 Å². The second kappa shape index (κ2) is 11.9. The van der Waals surface area contributed by atoms with Crippen LogP contribution in [0.3, 0.4) is 0 Å². The smallest absolute Gasteiger partial charge is 0.418 e. The molecule has 0 saturated heterocycles. The molecule has 0 atom stereocenters. The molecule has 35 heavy (non-hydrogen) atoms. The third kappa shape index (κ3) is 7.34. The largest absolute Gasteiger partial charge is 0.673 e. The van der Waals surface area contributed by atoms with Crippen LogP contribution in [0.2, 0.25) is 0 Å². The van der Waals surface area contributed by atoms with E-state index in [4.69, 9.17) is 0 Å². The summed E-state index contributed by atoms with van der Waals surface area (Å²) in [5, 5.41) is 0. The fourth-order valence-electron chi connectivity index (χ4n) is 4.29. The molecule has 0 fully saturated rings. The lowest BCUT2D eigenvalue weighted by Gasteiger charge is -2.18. The highest BCUT2D eigenvalue weighted by Crippen LogP contribution is 2.33. The van der Waals surface area contributed by atoms with Gasteiger partial charge in [0.1, 0.15) is 23.8 Å². The van der Waals surface area contributed by atoms with Gasteiger partial charge >= 0.3 is 11.1 Å². The number of aromatic nitrogens is 2. The number of benzene rings is 2. The van der Waals surface area contributed by atoms with Crippen molar-refractivity contribution in [3.63, 3.8) is 0 Å². The Morgan fingerprint density at radius 1 is 0.686 bits per heavy atom. The highest BCUT2D eigenvalue weighted by atomic mass is 127. The zero-order chi connectivity index (χ0) is 26.7. The molecule has 0 saturated carbocycles. The van der Waals surface area contributed by atoms with Crippen molar-refractivity contribution in [3.05, 3.63) is 74.9 Å². The van der Waals surface area contributed by atoms with Crippen molar-refractivity contribution < 1.29 is 21.8 Å². The highest BCUT2D eigenvalue weighted by molar-refractivity contribution is 14.1. The highest BCUT2D eigenvalue weighted by Gasteiger charge is 2.28. The zero-order valence-electron chi connectivity index (χ0n) is 21.8. The van der Waals surface area contributed by atoms with Gasteiger partial charge in [-0.3, -0.25) is 0 Å². The lowest BCUT2D eigenvalue weighted by molar-refractivity contribution is -0.610. The molecule has 2 nitrogen and oxygen atoms in total. The number of halogens is 5. The molecule has 1 aromatic heterocycles. The summed E-state index contributed by atoms with van der Waals surface area (Å²) in [7, 11) is -6.00. The molecule has 0 unspecified atom stereocenters. The van der Waals surface area contributed by atoms with Crippen molar-refractivity contribution in [2.45, 2.75) is 79.1 Å². The Hall–Kier alpha value is -1.84. The summed E-state index contributed by atoms with van der Waals surface area (Å²) in [6.07, 6.45) is 4.49. The summed E-state index contributed by atoms with van der Waals surface area (Å²) < 4.78 is 45.0. The van der Waals surface area contributed by atoms with E-state index in [1.807, 2.05) is 0 Å². The van der Waals surface area contributed by atoms with Gasteiger partial charge in [-0.2, -0.15) is 9.13 Å². The Bertz CT molecular complexity index is 995. The Balaban J connectivity index is 0.000000784. The Morgan fingerprint density at radius 2 is 1.03 bits per heavy atom. The first-order valence-electron chi connectivity index (χ1n) is 12.1. The lowest BCUT2D eigenvalue weighted by Crippen LogP contribution is -2.36. The van der Waals surface area contributed by atoms with E-state index in [-0.39, 0.29) is 0 Å². The van der Waals surface area contributed by atoms with Crippen LogP contribution in [0.15, 0.2) is 48.8 Å². The minimum Gasteiger partial charge on any atom is -0.418 e. The minimum atomic E-state index is -6.00. The second-order valence-electron chi connectivity index (χ2n) is 9.99. The number of imidazole rings is 1. The molecular weight excluding hydrogens is 566 g/mol. The Kier molecular flexibility index (Phi) is 10.0. The van der Waals surface area contributed by atoms with E-state index >= 15 is 0 Å². The molecule has 192 valence electrons. The monoisotopic (exact) mass is 602 g/mol. The van der Waals surface area contributed by atoms with Crippen molar-refractivity contribution in [2.24, 2.45) is 0 Å². The summed E-state index contributed by atoms with van der Waals surface area (Å²) >= 11 is 2.53. The van der Waals surface area contributed by atoms with Crippen LogP contribution < -0.4 is 4.57 Å². The summed E-state index contributed by atoms with van der Waals surface area (Å²) in [5.74, 6) is 1.89. The van der Waals surface area contributed by atoms with Crippen molar-refractivity contribution >= 4 is 29.8 Å². The average molecular weight is 602 g/mol. The average Bonchev–Trinajstić information content (AvgIpc) is 3.11. The molecule has 3 aromatic rings. The second-order valence-corrected chi connectivity index (χ2v) is 11.0. The first kappa shape index (κ1) is 29.4. The number of rotatable bonds is 6. The molecule has 0 bridgehead atoms. The molecule has 3 rings (SSSR count). The van der Waals surface area contributed by atoms with E-state index in [0.717, 1.165) is 0 Å². The van der Waals surface area contributed by atoms with Gasteiger partial charge in [0, 0.05) is 22.3 Å². The van der Waals surface area contributed by atoms with E-state index in [0.29, 0.717) is 23.7 Å². The van der Waals surface area contributed by atoms with Crippen LogP contribution in [0.4, 0.5) is 17.3 Å². The number of hydrogen-bond donors (Lipinski definition) is 0. The third-order valence-corrected chi connectivity index (χ3v) is 6.97. The van der Waals surface area contributed by atoms with Gasteiger partial charge in [0.25, 0.3) is 0 Å². The zero-order valence-corrected chi connectivity index (χ0v) is 23.9. The minimum absolute atomic E-state index is 0.472. The first-order valence-corrected chi connectivity index (χ1v) is 13.1. The summed E-state index contributed by atoms with van der Waals surface area (Å²) in [4.78, 5) is 0. The maximum atomic E-state index is 9.75. The van der Waals surface area contributed by atoms with Gasteiger partial charge in [0.15, 0.2) is 0 Å². The SMILES string of the molecule is CC(C)c1cccc(C(C)C)c1-n1cc[n+](-c2c(C(C)C)cccc2C(C)C)c1I.F[B-](F)(F)F. The van der Waals surface area contributed by atoms with Crippen LogP contribution in [-0.4, -0.2) is 11.8 Å². The number of para-hydroxylation sites is 2. The maximum Gasteiger partial charge on any atom is 0.673 e. The summed E-state index contributed by atoms with van der Waals surface area (Å²) in [6, 6.07) is 13.6. The van der Waals surface area contributed by atoms with Gasteiger partial charge in [-0.1, -0.05) is 91.8 Å². The normalized spacial score (nSPS) is 12.0. The van der Waals surface area contributed by atoms with Crippen LogP contribution in [0.5, 0.6) is 0 Å². The van der Waals surface area contributed by atoms with E-state index in [1.54, 1.807) is 0 Å². The molecule has 0 aliphatic carbocycles. The molecule has 0 aliphatic rings. The standard InChI is InChI=1S/C27H36IN2.BF4/c1-17(2)21-11-9-12-22(18(3)4)25(21)29-15-16-30(27(29)28)26-23(19(5)6)13-10-14-24(26)20(7)8;2-1(3,4)5/h9-20H,1-8H3;/q+1;-1. The number of hydrogen-bond acceptors (Lipinski definition) is 0. The summed E-state index contributed by atoms with van der Waals surface area (Å²) in [5.41, 5.74) is 8.31. The molecule has 0 radical (unpaired) electrons. The fraction of sp³-hybridized carbons (Fsp3) is 0.444. The van der Waals surface area contributed by atoms with Gasteiger partial charge in [0.05, 0.1) is 22.6 Å². The predicted octanol–water partition coefficient (Wildman–Crippen LogP) is 9.15. The predicted molar refractivity (Wildman–Crippen MR) is 147 cm³/mol. The van der Waals surface area contributed by atoms with Gasteiger partial charge in [0.2, 0.25) is 0 Å². The first-order chi connectivity index (χ1) is 16.1. The van der Waals surface area contributed by atoms with Crippen LogP contribution in [0.1, 0.15) is 101 Å². The molecular formula is C27H36BF4IN2. The van der Waals surface area contributed by atoms with Gasteiger partial charge in [-0.15, -0.1) is 0 Å². The number of nitrogens with zero attached hydrogens (tertiary/aromatic N) is 2. The molecule has 0 amide bonds. The Morgan fingerprint density at radius 3 is 1.37 bits per heavy atom. The summed E-state index contributed by atoms with van der Waals surface area (Å²) in [6.45, 7) is 18.3. The third-order valence-electron chi connectivity index (χ3n) is 5.93. The van der Waals surface area contributed by atoms with Crippen molar-refractivity contribution in [1.29, 1.82) is 0 Å². The van der Waals surface area contributed by atoms with Crippen molar-refractivity contribution in [2.75, 3.05) is 0 Å². The van der Waals surface area contributed by atoms with Gasteiger partial charge < -0.3 is 17.3 Å². The fourth-order valence-corrected chi connectivity index (χ4v) is 5.09. The molecule has 0 N–H and O–H groups in total. The van der Waals surface area contributed by atoms with Crippen molar-refractivity contribution in [3.8, 4) is 11.4 Å². The molecule has 1 heterocycles. The van der Waals surface area contributed by atoms with Gasteiger partial charge in [-0.25, -0.2) is 0 Å². The lowest BCUT2D eigenvalue weighted by atomic mass is 9.92. The Labute approximate surface area is 221 Å². The van der Waals surface area contributed by atoms with Crippen LogP contribution in [0, 0.1) is 3.83 Å². The van der Waals surface area contributed by atoms with E-state index < -0.39 is 7.25 Å². The quantitative estimate of drug-likeness (QED) is 0.115. The molecule has 0 aliphatic heterocycles. The van der Waals surface area contributed by atoms with E-state index in [1.165, 1.54) is 37.5 Å². The van der Waals surface area contributed by atoms with E-state index in [2.05, 4.69) is 136 Å². The van der Waals surface area contributed by atoms with Crippen molar-refractivity contribution in [1.82, 2.24) is 4.57 Å². The molecule has 2 aromatic carbocycles. The van der Waals surface area contributed by atoms with E-state index in [9.17, 15) is 17.3 Å². The molecule has 8 heteroatoms. The van der Waals surface area contributed by atoms with Crippen LogP contribution in [-0.2, 0) is 0 Å².